The average molecular weight is 264 g/mol. The Kier molecular flexibility index (Phi) is 4.86. The predicted octanol–water partition coefficient (Wildman–Crippen LogP) is 2.74. The maximum Gasteiger partial charge on any atom is 0.203 e. The van der Waals surface area contributed by atoms with Crippen LogP contribution in [0.2, 0.25) is 0 Å². The summed E-state index contributed by atoms with van der Waals surface area (Å²) in [5.41, 5.74) is 1.10. The maximum absolute atomic E-state index is 4.60. The third-order valence-corrected chi connectivity index (χ3v) is 3.79. The highest BCUT2D eigenvalue weighted by Crippen LogP contribution is 2.16. The summed E-state index contributed by atoms with van der Waals surface area (Å²) < 4.78 is 2.28. The predicted molar refractivity (Wildman–Crippen MR) is 80.6 cm³/mol. The average Bonchev–Trinajstić information content (AvgIpc) is 2.96. The molecular formula is C15H28N4. The summed E-state index contributed by atoms with van der Waals surface area (Å²) in [4.78, 5) is 7.18. The van der Waals surface area contributed by atoms with Crippen molar-refractivity contribution in [3.63, 3.8) is 0 Å². The van der Waals surface area contributed by atoms with Gasteiger partial charge in [0.05, 0.1) is 5.69 Å². The highest BCUT2D eigenvalue weighted by Gasteiger charge is 2.19. The smallest absolute Gasteiger partial charge is 0.203 e. The Morgan fingerprint density at radius 2 is 1.95 bits per heavy atom. The fraction of sp³-hybridized carbons (Fsp3) is 0.800. The van der Waals surface area contributed by atoms with E-state index in [0.717, 1.165) is 24.7 Å². The molecule has 0 bridgehead atoms. The van der Waals surface area contributed by atoms with Gasteiger partial charge < -0.3 is 9.88 Å². The number of nitrogens with one attached hydrogen (secondary N) is 1. The molecule has 1 aromatic heterocycles. The van der Waals surface area contributed by atoms with Gasteiger partial charge in [0, 0.05) is 25.3 Å². The van der Waals surface area contributed by atoms with E-state index in [1.165, 1.54) is 25.9 Å². The van der Waals surface area contributed by atoms with Crippen molar-refractivity contribution in [1.29, 1.82) is 0 Å². The summed E-state index contributed by atoms with van der Waals surface area (Å²) in [5.74, 6) is 1.67. The molecule has 1 aliphatic heterocycles. The minimum atomic E-state index is 0.593. The van der Waals surface area contributed by atoms with Crippen molar-refractivity contribution >= 4 is 5.95 Å². The Morgan fingerprint density at radius 3 is 2.58 bits per heavy atom. The number of nitrogens with zero attached hydrogens (tertiary/aromatic N) is 3. The maximum atomic E-state index is 4.60. The van der Waals surface area contributed by atoms with E-state index in [9.17, 15) is 0 Å². The Bertz CT molecular complexity index is 391. The van der Waals surface area contributed by atoms with Gasteiger partial charge in [-0.3, -0.25) is 4.90 Å². The zero-order valence-electron chi connectivity index (χ0n) is 12.8. The lowest BCUT2D eigenvalue weighted by molar-refractivity contribution is 0.236. The van der Waals surface area contributed by atoms with Crippen LogP contribution in [0.5, 0.6) is 0 Å². The molecule has 0 saturated carbocycles. The standard InChI is InChI=1S/C15H28N4/c1-12(2)9-16-15-17-13(3)10-19(15)11-14(4)18-7-5-6-8-18/h10,12,14H,5-9,11H2,1-4H3,(H,16,17). The first-order chi connectivity index (χ1) is 9.06. The van der Waals surface area contributed by atoms with Crippen molar-refractivity contribution < 1.29 is 0 Å². The third-order valence-electron chi connectivity index (χ3n) is 3.79. The van der Waals surface area contributed by atoms with Crippen LogP contribution in [-0.2, 0) is 6.54 Å². The molecule has 2 rings (SSSR count). The fourth-order valence-electron chi connectivity index (χ4n) is 2.70. The zero-order valence-corrected chi connectivity index (χ0v) is 12.8. The van der Waals surface area contributed by atoms with Crippen molar-refractivity contribution in [3.05, 3.63) is 11.9 Å². The molecule has 2 heterocycles. The van der Waals surface area contributed by atoms with E-state index in [2.05, 4.69) is 53.7 Å². The van der Waals surface area contributed by atoms with Crippen LogP contribution in [0.15, 0.2) is 6.20 Å². The van der Waals surface area contributed by atoms with Gasteiger partial charge in [0.15, 0.2) is 0 Å². The quantitative estimate of drug-likeness (QED) is 0.857. The van der Waals surface area contributed by atoms with Gasteiger partial charge in [-0.1, -0.05) is 13.8 Å². The first-order valence-corrected chi connectivity index (χ1v) is 7.58. The lowest BCUT2D eigenvalue weighted by Crippen LogP contribution is -2.33. The Hall–Kier alpha value is -1.03. The number of aromatic nitrogens is 2. The van der Waals surface area contributed by atoms with E-state index < -0.39 is 0 Å². The molecule has 1 atom stereocenters. The third kappa shape index (κ3) is 3.96. The molecule has 4 nitrogen and oxygen atoms in total. The molecule has 1 aromatic rings. The molecule has 108 valence electrons. The molecular weight excluding hydrogens is 236 g/mol. The van der Waals surface area contributed by atoms with Gasteiger partial charge in [0.2, 0.25) is 5.95 Å². The van der Waals surface area contributed by atoms with E-state index in [1.807, 2.05) is 0 Å². The summed E-state index contributed by atoms with van der Waals surface area (Å²) in [6.45, 7) is 13.4. The lowest BCUT2D eigenvalue weighted by Gasteiger charge is -2.24. The highest BCUT2D eigenvalue weighted by molar-refractivity contribution is 5.28. The first-order valence-electron chi connectivity index (χ1n) is 7.58. The molecule has 0 aromatic carbocycles. The largest absolute Gasteiger partial charge is 0.355 e. The molecule has 1 unspecified atom stereocenters. The topological polar surface area (TPSA) is 33.1 Å². The Morgan fingerprint density at radius 1 is 1.26 bits per heavy atom. The molecule has 19 heavy (non-hydrogen) atoms. The Balaban J connectivity index is 1.98. The van der Waals surface area contributed by atoms with Crippen LogP contribution >= 0.6 is 0 Å². The Labute approximate surface area is 117 Å². The van der Waals surface area contributed by atoms with E-state index in [0.29, 0.717) is 12.0 Å². The van der Waals surface area contributed by atoms with Crippen LogP contribution in [-0.4, -0.2) is 40.1 Å². The second-order valence-electron chi connectivity index (χ2n) is 6.23. The summed E-state index contributed by atoms with van der Waals surface area (Å²) in [7, 11) is 0. The van der Waals surface area contributed by atoms with Crippen LogP contribution < -0.4 is 5.32 Å². The SMILES string of the molecule is Cc1cn(CC(C)N2CCCC2)c(NCC(C)C)n1. The van der Waals surface area contributed by atoms with Crippen LogP contribution in [0.3, 0.4) is 0 Å². The van der Waals surface area contributed by atoms with Crippen molar-refractivity contribution in [1.82, 2.24) is 14.5 Å². The molecule has 1 N–H and O–H groups in total. The number of hydrogen-bond donors (Lipinski definition) is 1. The van der Waals surface area contributed by atoms with Gasteiger partial charge in [0.1, 0.15) is 0 Å². The van der Waals surface area contributed by atoms with E-state index in [-0.39, 0.29) is 0 Å². The van der Waals surface area contributed by atoms with Crippen LogP contribution in [0.1, 0.15) is 39.3 Å². The second-order valence-corrected chi connectivity index (χ2v) is 6.23. The number of rotatable bonds is 6. The summed E-state index contributed by atoms with van der Waals surface area (Å²) in [6.07, 6.45) is 4.87. The number of aryl methyl sites for hydroxylation is 1. The normalized spacial score (nSPS) is 18.2. The molecule has 1 fully saturated rings. The first kappa shape index (κ1) is 14.4. The fourth-order valence-corrected chi connectivity index (χ4v) is 2.70. The van der Waals surface area contributed by atoms with Gasteiger partial charge in [-0.2, -0.15) is 0 Å². The summed E-state index contributed by atoms with van der Waals surface area (Å²) >= 11 is 0. The lowest BCUT2D eigenvalue weighted by atomic mass is 10.2. The van der Waals surface area contributed by atoms with E-state index in [4.69, 9.17) is 0 Å². The molecule has 0 spiro atoms. The van der Waals surface area contributed by atoms with E-state index in [1.54, 1.807) is 0 Å². The van der Waals surface area contributed by atoms with Crippen LogP contribution in [0.25, 0.3) is 0 Å². The summed E-state index contributed by atoms with van der Waals surface area (Å²) in [5, 5.41) is 3.46. The molecule has 0 radical (unpaired) electrons. The second kappa shape index (κ2) is 6.42. The van der Waals surface area contributed by atoms with Crippen molar-refractivity contribution in [2.24, 2.45) is 5.92 Å². The van der Waals surface area contributed by atoms with Gasteiger partial charge in [-0.15, -0.1) is 0 Å². The molecule has 4 heteroatoms. The van der Waals surface area contributed by atoms with Gasteiger partial charge >= 0.3 is 0 Å². The zero-order chi connectivity index (χ0) is 13.8. The highest BCUT2D eigenvalue weighted by atomic mass is 15.2. The van der Waals surface area contributed by atoms with Crippen LogP contribution in [0.4, 0.5) is 5.95 Å². The minimum absolute atomic E-state index is 0.593. The van der Waals surface area contributed by atoms with Crippen molar-refractivity contribution in [2.75, 3.05) is 25.0 Å². The van der Waals surface area contributed by atoms with Gasteiger partial charge in [0.25, 0.3) is 0 Å². The molecule has 0 amide bonds. The molecule has 0 aliphatic carbocycles. The minimum Gasteiger partial charge on any atom is -0.355 e. The molecule has 1 aliphatic rings. The van der Waals surface area contributed by atoms with Crippen LogP contribution in [0, 0.1) is 12.8 Å². The van der Waals surface area contributed by atoms with Crippen molar-refractivity contribution in [2.45, 2.75) is 53.1 Å². The number of anilines is 1. The number of likely N-dealkylation sites (tertiary alicyclic amines) is 1. The summed E-state index contributed by atoms with van der Waals surface area (Å²) in [6, 6.07) is 0.593. The van der Waals surface area contributed by atoms with E-state index >= 15 is 0 Å². The monoisotopic (exact) mass is 264 g/mol. The number of imidazole rings is 1. The molecule has 1 saturated heterocycles. The number of hydrogen-bond acceptors (Lipinski definition) is 3. The van der Waals surface area contributed by atoms with Crippen molar-refractivity contribution in [3.8, 4) is 0 Å². The van der Waals surface area contributed by atoms with Gasteiger partial charge in [-0.25, -0.2) is 4.98 Å². The van der Waals surface area contributed by atoms with Gasteiger partial charge in [-0.05, 0) is 45.7 Å².